The molecule has 0 aliphatic carbocycles. The van der Waals surface area contributed by atoms with E-state index >= 15 is 0 Å². The molecule has 6 nitrogen and oxygen atoms in total. The zero-order valence-corrected chi connectivity index (χ0v) is 16.0. The van der Waals surface area contributed by atoms with Crippen molar-refractivity contribution in [2.75, 3.05) is 40.3 Å². The van der Waals surface area contributed by atoms with Crippen LogP contribution in [0.2, 0.25) is 0 Å². The quantitative estimate of drug-likeness (QED) is 0.780. The minimum atomic E-state index is -0.923. The lowest BCUT2D eigenvalue weighted by Crippen LogP contribution is -2.47. The number of carboxylic acids is 1. The predicted molar refractivity (Wildman–Crippen MR) is 97.3 cm³/mol. The van der Waals surface area contributed by atoms with Crippen molar-refractivity contribution in [3.8, 4) is 0 Å². The van der Waals surface area contributed by atoms with Crippen molar-refractivity contribution < 1.29 is 23.5 Å². The Balaban J connectivity index is 1.86. The van der Waals surface area contributed by atoms with E-state index in [-0.39, 0.29) is 31.1 Å². The van der Waals surface area contributed by atoms with Crippen LogP contribution in [0.25, 0.3) is 0 Å². The van der Waals surface area contributed by atoms with Crippen molar-refractivity contribution in [3.63, 3.8) is 0 Å². The number of halogens is 2. The largest absolute Gasteiger partial charge is 0.480 e. The zero-order valence-electron chi connectivity index (χ0n) is 16.0. The van der Waals surface area contributed by atoms with Gasteiger partial charge in [-0.15, -0.1) is 0 Å². The highest BCUT2D eigenvalue weighted by Gasteiger charge is 2.26. The molecule has 150 valence electrons. The number of benzene rings is 1. The van der Waals surface area contributed by atoms with Crippen LogP contribution in [0.1, 0.15) is 31.4 Å². The van der Waals surface area contributed by atoms with Crippen LogP contribution >= 0.6 is 0 Å². The van der Waals surface area contributed by atoms with Gasteiger partial charge in [0.15, 0.2) is 11.6 Å². The van der Waals surface area contributed by atoms with Crippen LogP contribution < -0.4 is 0 Å². The number of nitrogens with zero attached hydrogens (tertiary/aromatic N) is 3. The summed E-state index contributed by atoms with van der Waals surface area (Å²) in [5.74, 6) is -2.77. The van der Waals surface area contributed by atoms with Crippen molar-refractivity contribution in [2.24, 2.45) is 0 Å². The summed E-state index contributed by atoms with van der Waals surface area (Å²) in [7, 11) is 3.46. The second-order valence-electron chi connectivity index (χ2n) is 7.17. The van der Waals surface area contributed by atoms with Gasteiger partial charge in [-0.3, -0.25) is 19.4 Å². The Morgan fingerprint density at radius 3 is 2.41 bits per heavy atom. The highest BCUT2D eigenvalue weighted by atomic mass is 19.2. The third-order valence-electron chi connectivity index (χ3n) is 5.32. The number of likely N-dealkylation sites (tertiary alicyclic amines) is 1. The van der Waals surface area contributed by atoms with Crippen molar-refractivity contribution >= 4 is 11.9 Å². The molecule has 1 aliphatic heterocycles. The highest BCUT2D eigenvalue weighted by Crippen LogP contribution is 2.22. The molecule has 1 amide bonds. The highest BCUT2D eigenvalue weighted by molar-refractivity contribution is 5.78. The second-order valence-corrected chi connectivity index (χ2v) is 7.17. The van der Waals surface area contributed by atoms with Crippen LogP contribution in [-0.4, -0.2) is 78.0 Å². The molecule has 1 aromatic carbocycles. The minimum Gasteiger partial charge on any atom is -0.480 e. The van der Waals surface area contributed by atoms with Crippen LogP contribution in [0, 0.1) is 11.6 Å². The number of hydrogen-bond donors (Lipinski definition) is 1. The number of rotatable bonds is 7. The third kappa shape index (κ3) is 5.71. The molecule has 1 heterocycles. The maximum Gasteiger partial charge on any atom is 0.317 e. The maximum atomic E-state index is 13.4. The van der Waals surface area contributed by atoms with Gasteiger partial charge in [-0.1, -0.05) is 6.07 Å². The summed E-state index contributed by atoms with van der Waals surface area (Å²) >= 11 is 0. The molecule has 8 heteroatoms. The monoisotopic (exact) mass is 383 g/mol. The first-order valence-corrected chi connectivity index (χ1v) is 9.04. The van der Waals surface area contributed by atoms with Gasteiger partial charge in [0.2, 0.25) is 5.91 Å². The third-order valence-corrected chi connectivity index (χ3v) is 5.32. The molecule has 1 N–H and O–H groups in total. The van der Waals surface area contributed by atoms with Crippen molar-refractivity contribution in [2.45, 2.75) is 31.8 Å². The lowest BCUT2D eigenvalue weighted by Gasteiger charge is -2.36. The first kappa shape index (κ1) is 21.2. The van der Waals surface area contributed by atoms with E-state index in [0.717, 1.165) is 25.0 Å². The first-order chi connectivity index (χ1) is 12.7. The van der Waals surface area contributed by atoms with Gasteiger partial charge in [-0.2, -0.15) is 0 Å². The summed E-state index contributed by atoms with van der Waals surface area (Å²) in [5, 5.41) is 8.88. The molecule has 1 unspecified atom stereocenters. The molecule has 0 spiro atoms. The van der Waals surface area contributed by atoms with Gasteiger partial charge >= 0.3 is 5.97 Å². The van der Waals surface area contributed by atoms with Crippen molar-refractivity contribution in [3.05, 3.63) is 35.4 Å². The molecule has 1 fully saturated rings. The van der Waals surface area contributed by atoms with E-state index in [9.17, 15) is 18.4 Å². The van der Waals surface area contributed by atoms with Gasteiger partial charge in [-0.05, 0) is 44.5 Å². The van der Waals surface area contributed by atoms with Gasteiger partial charge < -0.3 is 10.0 Å². The number of carboxylic acid groups (broad SMARTS) is 1. The van der Waals surface area contributed by atoms with E-state index in [0.29, 0.717) is 18.7 Å². The predicted octanol–water partition coefficient (Wildman–Crippen LogP) is 1.96. The van der Waals surface area contributed by atoms with Crippen LogP contribution in [0.5, 0.6) is 0 Å². The second kappa shape index (κ2) is 9.23. The number of amides is 1. The fourth-order valence-corrected chi connectivity index (χ4v) is 3.38. The van der Waals surface area contributed by atoms with Crippen molar-refractivity contribution in [1.82, 2.24) is 14.7 Å². The van der Waals surface area contributed by atoms with Crippen LogP contribution in [0.4, 0.5) is 8.78 Å². The Labute approximate surface area is 158 Å². The Kier molecular flexibility index (Phi) is 7.26. The molecular formula is C19H27F2N3O3. The van der Waals surface area contributed by atoms with Crippen LogP contribution in [0.3, 0.4) is 0 Å². The normalized spacial score (nSPS) is 17.1. The van der Waals surface area contributed by atoms with E-state index in [1.807, 2.05) is 9.80 Å². The standard InChI is InChI=1S/C19H27F2N3O3/c1-13(14-4-5-16(20)17(21)10-14)23(3)18(25)11-24-8-6-15(7-9-24)22(2)12-19(26)27/h4-5,10,13,15H,6-9,11-12H2,1-3H3,(H,26,27). The number of carbonyl (C=O) groups excluding carboxylic acids is 1. The van der Waals surface area contributed by atoms with Crippen LogP contribution in [0.15, 0.2) is 18.2 Å². The van der Waals surface area contributed by atoms with E-state index in [1.54, 1.807) is 21.0 Å². The summed E-state index contributed by atoms with van der Waals surface area (Å²) in [4.78, 5) is 28.8. The maximum absolute atomic E-state index is 13.4. The van der Waals surface area contributed by atoms with E-state index in [2.05, 4.69) is 0 Å². The smallest absolute Gasteiger partial charge is 0.317 e. The SMILES string of the molecule is CC(c1ccc(F)c(F)c1)N(C)C(=O)CN1CCC(N(C)CC(=O)O)CC1. The Bertz CT molecular complexity index is 678. The number of hydrogen-bond acceptors (Lipinski definition) is 4. The number of aliphatic carboxylic acids is 1. The van der Waals surface area contributed by atoms with E-state index < -0.39 is 17.6 Å². The van der Waals surface area contributed by atoms with Gasteiger partial charge in [0, 0.05) is 26.2 Å². The summed E-state index contributed by atoms with van der Waals surface area (Å²) in [6, 6.07) is 3.50. The first-order valence-electron chi connectivity index (χ1n) is 9.04. The lowest BCUT2D eigenvalue weighted by molar-refractivity contribution is -0.138. The molecule has 27 heavy (non-hydrogen) atoms. The fraction of sp³-hybridized carbons (Fsp3) is 0.579. The number of carbonyl (C=O) groups is 2. The number of piperidine rings is 1. The Hall–Kier alpha value is -2.06. The minimum absolute atomic E-state index is 0.0120. The molecule has 2 rings (SSSR count). The molecular weight excluding hydrogens is 356 g/mol. The molecule has 0 saturated carbocycles. The molecule has 0 bridgehead atoms. The average molecular weight is 383 g/mol. The van der Waals surface area contributed by atoms with Crippen LogP contribution in [-0.2, 0) is 9.59 Å². The fourth-order valence-electron chi connectivity index (χ4n) is 3.38. The summed E-state index contributed by atoms with van der Waals surface area (Å²) in [6.45, 7) is 3.47. The molecule has 1 aliphatic rings. The summed E-state index contributed by atoms with van der Waals surface area (Å²) < 4.78 is 26.5. The lowest BCUT2D eigenvalue weighted by atomic mass is 10.0. The molecule has 1 atom stereocenters. The van der Waals surface area contributed by atoms with Gasteiger partial charge in [0.05, 0.1) is 19.1 Å². The molecule has 0 radical (unpaired) electrons. The average Bonchev–Trinajstić information content (AvgIpc) is 2.62. The van der Waals surface area contributed by atoms with Gasteiger partial charge in [0.1, 0.15) is 0 Å². The van der Waals surface area contributed by atoms with Crippen molar-refractivity contribution in [1.29, 1.82) is 0 Å². The number of likely N-dealkylation sites (N-methyl/N-ethyl adjacent to an activating group) is 2. The topological polar surface area (TPSA) is 64.1 Å². The molecule has 0 aromatic heterocycles. The molecule has 1 saturated heterocycles. The zero-order chi connectivity index (χ0) is 20.1. The Morgan fingerprint density at radius 2 is 1.85 bits per heavy atom. The summed E-state index contributed by atoms with van der Waals surface area (Å²) in [6.07, 6.45) is 1.61. The summed E-state index contributed by atoms with van der Waals surface area (Å²) in [5.41, 5.74) is 0.541. The Morgan fingerprint density at radius 1 is 1.22 bits per heavy atom. The van der Waals surface area contributed by atoms with Gasteiger partial charge in [0.25, 0.3) is 0 Å². The molecule has 1 aromatic rings. The van der Waals surface area contributed by atoms with E-state index in [1.165, 1.54) is 11.0 Å². The van der Waals surface area contributed by atoms with Gasteiger partial charge in [-0.25, -0.2) is 8.78 Å². The van der Waals surface area contributed by atoms with E-state index in [4.69, 9.17) is 5.11 Å².